The summed E-state index contributed by atoms with van der Waals surface area (Å²) in [5, 5.41) is 40.2. The summed E-state index contributed by atoms with van der Waals surface area (Å²) in [6.07, 6.45) is 42.5. The smallest absolute Gasteiger partial charge is 0.306 e. The molecule has 0 aromatic heterocycles. The molecule has 0 aromatic rings. The molecule has 1 fully saturated rings. The molecule has 9 nitrogen and oxygen atoms in total. The zero-order valence-electron chi connectivity index (χ0n) is 39.2. The third kappa shape index (κ3) is 33.5. The molecule has 60 heavy (non-hydrogen) atoms. The highest BCUT2D eigenvalue weighted by Crippen LogP contribution is 2.23. The van der Waals surface area contributed by atoms with E-state index < -0.39 is 43.4 Å². The molecule has 0 aromatic carbocycles. The molecule has 4 N–H and O–H groups in total. The lowest BCUT2D eigenvalue weighted by molar-refractivity contribution is -0.305. The van der Waals surface area contributed by atoms with E-state index in [1.165, 1.54) is 193 Å². The Morgan fingerprint density at radius 3 is 1.35 bits per heavy atom. The Balaban J connectivity index is 2.15. The second kappa shape index (κ2) is 43.2. The highest BCUT2D eigenvalue weighted by atomic mass is 16.7. The maximum atomic E-state index is 12.8. The molecule has 0 saturated carbocycles. The van der Waals surface area contributed by atoms with Crippen LogP contribution in [0.25, 0.3) is 0 Å². The molecule has 356 valence electrons. The van der Waals surface area contributed by atoms with Crippen LogP contribution in [0.4, 0.5) is 0 Å². The molecular formula is C51H98O9. The van der Waals surface area contributed by atoms with Crippen molar-refractivity contribution < 1.29 is 44.2 Å². The van der Waals surface area contributed by atoms with Gasteiger partial charge in [0, 0.05) is 13.0 Å². The minimum absolute atomic E-state index is 0.107. The summed E-state index contributed by atoms with van der Waals surface area (Å²) in [7, 11) is 0. The van der Waals surface area contributed by atoms with Crippen LogP contribution in [0, 0.1) is 0 Å². The molecule has 1 rings (SSSR count). The van der Waals surface area contributed by atoms with Crippen LogP contribution in [0.2, 0.25) is 0 Å². The van der Waals surface area contributed by atoms with Crippen LogP contribution >= 0.6 is 0 Å². The van der Waals surface area contributed by atoms with Crippen LogP contribution in [0.15, 0.2) is 12.2 Å². The van der Waals surface area contributed by atoms with E-state index in [0.717, 1.165) is 32.1 Å². The average molecular weight is 855 g/mol. The fourth-order valence-electron chi connectivity index (χ4n) is 8.14. The van der Waals surface area contributed by atoms with Gasteiger partial charge in [-0.3, -0.25) is 4.79 Å². The zero-order chi connectivity index (χ0) is 43.6. The van der Waals surface area contributed by atoms with Crippen molar-refractivity contribution in [2.45, 2.75) is 282 Å². The van der Waals surface area contributed by atoms with Gasteiger partial charge in [-0.25, -0.2) is 0 Å². The molecular weight excluding hydrogens is 757 g/mol. The van der Waals surface area contributed by atoms with Crippen LogP contribution in [0.3, 0.4) is 0 Å². The summed E-state index contributed by atoms with van der Waals surface area (Å²) in [5.41, 5.74) is 0. The number of ether oxygens (including phenoxy) is 4. The summed E-state index contributed by atoms with van der Waals surface area (Å²) in [4.78, 5) is 12.8. The molecule has 1 heterocycles. The number of carbonyl (C=O) groups excluding carboxylic acids is 1. The Bertz CT molecular complexity index is 930. The van der Waals surface area contributed by atoms with Crippen LogP contribution in [0.1, 0.15) is 245 Å². The molecule has 0 amide bonds. The topological polar surface area (TPSA) is 135 Å². The molecule has 9 heteroatoms. The van der Waals surface area contributed by atoms with Crippen molar-refractivity contribution in [2.24, 2.45) is 0 Å². The van der Waals surface area contributed by atoms with E-state index in [9.17, 15) is 25.2 Å². The Morgan fingerprint density at radius 1 is 0.517 bits per heavy atom. The van der Waals surface area contributed by atoms with Crippen molar-refractivity contribution in [3.05, 3.63) is 12.2 Å². The number of carbonyl (C=O) groups is 1. The molecule has 1 aliphatic rings. The molecule has 1 aliphatic heterocycles. The molecule has 6 atom stereocenters. The first kappa shape index (κ1) is 56.9. The van der Waals surface area contributed by atoms with Crippen LogP contribution in [0.5, 0.6) is 0 Å². The lowest BCUT2D eigenvalue weighted by Crippen LogP contribution is -2.59. The fraction of sp³-hybridized carbons (Fsp3) is 0.941. The van der Waals surface area contributed by atoms with Gasteiger partial charge in [0.05, 0.1) is 19.8 Å². The van der Waals surface area contributed by atoms with Crippen molar-refractivity contribution in [1.29, 1.82) is 0 Å². The van der Waals surface area contributed by atoms with E-state index in [1.54, 1.807) is 0 Å². The monoisotopic (exact) mass is 855 g/mol. The van der Waals surface area contributed by atoms with Crippen LogP contribution in [-0.4, -0.2) is 89.6 Å². The standard InChI is InChI=1S/C51H98O9/c1-3-5-7-9-11-13-15-17-18-19-20-21-22-23-24-25-26-27-29-31-33-35-37-39-41-57-43-45(44-58-51-50(56)49(55)48(54)46(42-52)60-51)59-47(53)40-38-36-34-32-30-28-16-14-12-10-8-6-4-2/h19-20,45-46,48-52,54-56H,3-18,21-44H2,1-2H3/b20-19-. The lowest BCUT2D eigenvalue weighted by Gasteiger charge is -2.39. The first-order valence-electron chi connectivity index (χ1n) is 25.8. The number of aliphatic hydroxyl groups is 4. The van der Waals surface area contributed by atoms with Crippen LogP contribution < -0.4 is 0 Å². The number of aliphatic hydroxyl groups excluding tert-OH is 4. The Labute approximate surface area is 369 Å². The second-order valence-corrected chi connectivity index (χ2v) is 18.0. The highest BCUT2D eigenvalue weighted by Gasteiger charge is 2.44. The minimum atomic E-state index is -1.53. The van der Waals surface area contributed by atoms with Crippen molar-refractivity contribution in [1.82, 2.24) is 0 Å². The lowest BCUT2D eigenvalue weighted by atomic mass is 9.99. The fourth-order valence-corrected chi connectivity index (χ4v) is 8.14. The number of esters is 1. The van der Waals surface area contributed by atoms with Gasteiger partial charge in [-0.05, 0) is 38.5 Å². The van der Waals surface area contributed by atoms with E-state index in [2.05, 4.69) is 26.0 Å². The van der Waals surface area contributed by atoms with E-state index in [4.69, 9.17) is 18.9 Å². The summed E-state index contributed by atoms with van der Waals surface area (Å²) < 4.78 is 22.9. The number of rotatable bonds is 45. The summed E-state index contributed by atoms with van der Waals surface area (Å²) in [5.74, 6) is -0.309. The normalized spacial score (nSPS) is 20.0. The van der Waals surface area contributed by atoms with Crippen molar-refractivity contribution >= 4 is 5.97 Å². The van der Waals surface area contributed by atoms with Gasteiger partial charge in [-0.15, -0.1) is 0 Å². The van der Waals surface area contributed by atoms with Crippen molar-refractivity contribution in [3.63, 3.8) is 0 Å². The third-order valence-corrected chi connectivity index (χ3v) is 12.2. The summed E-state index contributed by atoms with van der Waals surface area (Å²) in [6, 6.07) is 0. The molecule has 0 radical (unpaired) electrons. The maximum absolute atomic E-state index is 12.8. The highest BCUT2D eigenvalue weighted by molar-refractivity contribution is 5.69. The van der Waals surface area contributed by atoms with E-state index in [0.29, 0.717) is 13.0 Å². The quantitative estimate of drug-likeness (QED) is 0.0268. The summed E-state index contributed by atoms with van der Waals surface area (Å²) >= 11 is 0. The first-order valence-corrected chi connectivity index (χ1v) is 25.8. The van der Waals surface area contributed by atoms with Gasteiger partial charge < -0.3 is 39.4 Å². The molecule has 0 spiro atoms. The predicted octanol–water partition coefficient (Wildman–Crippen LogP) is 12.4. The minimum Gasteiger partial charge on any atom is -0.457 e. The van der Waals surface area contributed by atoms with E-state index in [1.807, 2.05) is 0 Å². The Morgan fingerprint density at radius 2 is 0.917 bits per heavy atom. The number of hydrogen-bond acceptors (Lipinski definition) is 9. The van der Waals surface area contributed by atoms with E-state index in [-0.39, 0.29) is 19.2 Å². The number of allylic oxidation sites excluding steroid dienone is 2. The maximum Gasteiger partial charge on any atom is 0.306 e. The average Bonchev–Trinajstić information content (AvgIpc) is 3.25. The summed E-state index contributed by atoms with van der Waals surface area (Å²) in [6.45, 7) is 4.60. The van der Waals surface area contributed by atoms with Gasteiger partial charge in [-0.2, -0.15) is 0 Å². The van der Waals surface area contributed by atoms with Gasteiger partial charge >= 0.3 is 5.97 Å². The van der Waals surface area contributed by atoms with E-state index >= 15 is 0 Å². The molecule has 0 bridgehead atoms. The van der Waals surface area contributed by atoms with Gasteiger partial charge in [0.15, 0.2) is 6.29 Å². The SMILES string of the molecule is CCCCCCCCCC/C=C\CCCCCCCCCCCCCCOCC(COC1OC(CO)C(O)C(O)C1O)OC(=O)CCCCCCCCCCCCCCC. The Kier molecular flexibility index (Phi) is 41.0. The van der Waals surface area contributed by atoms with Crippen molar-refractivity contribution in [2.75, 3.05) is 26.4 Å². The third-order valence-electron chi connectivity index (χ3n) is 12.2. The van der Waals surface area contributed by atoms with Gasteiger partial charge in [0.1, 0.15) is 30.5 Å². The molecule has 6 unspecified atom stereocenters. The molecule has 0 aliphatic carbocycles. The van der Waals surface area contributed by atoms with Crippen LogP contribution in [-0.2, 0) is 23.7 Å². The van der Waals surface area contributed by atoms with Gasteiger partial charge in [0.25, 0.3) is 0 Å². The predicted molar refractivity (Wildman–Crippen MR) is 247 cm³/mol. The van der Waals surface area contributed by atoms with Gasteiger partial charge in [-0.1, -0.05) is 212 Å². The second-order valence-electron chi connectivity index (χ2n) is 18.0. The largest absolute Gasteiger partial charge is 0.457 e. The zero-order valence-corrected chi connectivity index (χ0v) is 39.2. The van der Waals surface area contributed by atoms with Crippen molar-refractivity contribution in [3.8, 4) is 0 Å². The number of unbranched alkanes of at least 4 members (excludes halogenated alkanes) is 32. The Hall–Kier alpha value is -1.07. The first-order chi connectivity index (χ1) is 29.4. The number of hydrogen-bond donors (Lipinski definition) is 4. The van der Waals surface area contributed by atoms with Gasteiger partial charge in [0.2, 0.25) is 0 Å². The molecule has 1 saturated heterocycles.